The fourth-order valence-electron chi connectivity index (χ4n) is 11.9. The summed E-state index contributed by atoms with van der Waals surface area (Å²) in [6.45, 7) is 5.42. The molecule has 4 aromatic heterocycles. The SMILES string of the molecule is C=C/C=C\C.c1ccc(-c2nc(-c3ccc4oc5ccccc5c4c3)nc(-n3c4ccc(-c5ccc6c(c5)c5c7cccc8c7c(cc5n6-c5ccccc5)-c5ccccc5-8)cc4c4c5ccccc5ccc43)n2)cc1. The van der Waals surface area contributed by atoms with Gasteiger partial charge in [0.25, 0.3) is 0 Å². The molecule has 0 atom stereocenters. The first-order valence-corrected chi connectivity index (χ1v) is 25.7. The average Bonchev–Trinajstić information content (AvgIpc) is 4.25. The van der Waals surface area contributed by atoms with Crippen LogP contribution in [0.1, 0.15) is 6.92 Å². The van der Waals surface area contributed by atoms with Gasteiger partial charge in [-0.2, -0.15) is 9.97 Å². The number of para-hydroxylation sites is 2. The van der Waals surface area contributed by atoms with Gasteiger partial charge in [0.1, 0.15) is 11.2 Å². The van der Waals surface area contributed by atoms with Gasteiger partial charge >= 0.3 is 0 Å². The molecule has 4 heterocycles. The van der Waals surface area contributed by atoms with Crippen LogP contribution in [0.5, 0.6) is 0 Å². The third-order valence-electron chi connectivity index (χ3n) is 15.2. The molecule has 16 rings (SSSR count). The Balaban J connectivity index is 0.000000971. The standard InChI is InChI=1S/C65H37N5O.C5H8/c1-3-15-39(16-4-1)63-66-64(42-29-33-59-50(36-42)47-22-11-12-25-58(47)71-59)68-65(67-63)70-55-31-28-41(35-53(55)61-44-19-8-7-14-38(44)26-32-56(61)70)40-27-30-54-52(34-40)62-49-24-13-23-48-45-20-9-10-21-46(45)51(60(48)49)37-57(62)69(54)43-17-5-2-6-18-43;1-3-5-4-2/h1-37H;3-5H,1H2,2H3/b;5-4-. The Morgan fingerprint density at radius 3 is 1.71 bits per heavy atom. The molecule has 0 amide bonds. The van der Waals surface area contributed by atoms with Crippen LogP contribution in [0.3, 0.4) is 0 Å². The second kappa shape index (κ2) is 17.2. The maximum absolute atomic E-state index is 6.23. The first-order valence-electron chi connectivity index (χ1n) is 25.7. The van der Waals surface area contributed by atoms with Crippen molar-refractivity contribution in [3.05, 3.63) is 249 Å². The van der Waals surface area contributed by atoms with E-state index in [9.17, 15) is 0 Å². The maximum atomic E-state index is 6.23. The van der Waals surface area contributed by atoms with Crippen LogP contribution in [0.2, 0.25) is 0 Å². The van der Waals surface area contributed by atoms with Crippen LogP contribution in [0.4, 0.5) is 0 Å². The molecule has 0 aliphatic heterocycles. The second-order valence-electron chi connectivity index (χ2n) is 19.5. The molecular formula is C70H45N5O. The lowest BCUT2D eigenvalue weighted by atomic mass is 9.96. The third kappa shape index (κ3) is 6.64. The van der Waals surface area contributed by atoms with E-state index in [0.717, 1.165) is 71.7 Å². The number of fused-ring (bicyclic) bond motifs is 15. The molecule has 0 fully saturated rings. The van der Waals surface area contributed by atoms with Gasteiger partial charge in [0.15, 0.2) is 11.6 Å². The van der Waals surface area contributed by atoms with Crippen LogP contribution in [-0.2, 0) is 0 Å². The summed E-state index contributed by atoms with van der Waals surface area (Å²) in [7, 11) is 0. The highest BCUT2D eigenvalue weighted by molar-refractivity contribution is 6.30. The molecule has 1 aliphatic carbocycles. The summed E-state index contributed by atoms with van der Waals surface area (Å²) in [6, 6.07) is 80.4. The van der Waals surface area contributed by atoms with Crippen molar-refractivity contribution >= 4 is 87.1 Å². The Morgan fingerprint density at radius 1 is 0.382 bits per heavy atom. The summed E-state index contributed by atoms with van der Waals surface area (Å²) in [6.07, 6.45) is 5.58. The summed E-state index contributed by atoms with van der Waals surface area (Å²) >= 11 is 0. The van der Waals surface area contributed by atoms with Gasteiger partial charge in [-0.15, -0.1) is 0 Å². The molecule has 15 aromatic rings. The van der Waals surface area contributed by atoms with Gasteiger partial charge in [0, 0.05) is 49.1 Å². The van der Waals surface area contributed by atoms with E-state index in [0.29, 0.717) is 17.6 Å². The van der Waals surface area contributed by atoms with E-state index < -0.39 is 0 Å². The first-order chi connectivity index (χ1) is 37.6. The Hall–Kier alpha value is -10.2. The largest absolute Gasteiger partial charge is 0.456 e. The predicted molar refractivity (Wildman–Crippen MR) is 317 cm³/mol. The van der Waals surface area contributed by atoms with Crippen LogP contribution in [0.15, 0.2) is 254 Å². The Bertz CT molecular complexity index is 4900. The lowest BCUT2D eigenvalue weighted by molar-refractivity contribution is 0.669. The minimum Gasteiger partial charge on any atom is -0.456 e. The van der Waals surface area contributed by atoms with E-state index in [1.807, 2.05) is 67.6 Å². The van der Waals surface area contributed by atoms with Crippen molar-refractivity contribution in [2.45, 2.75) is 6.92 Å². The number of hydrogen-bond acceptors (Lipinski definition) is 4. The van der Waals surface area contributed by atoms with E-state index in [2.05, 4.69) is 192 Å². The van der Waals surface area contributed by atoms with Gasteiger partial charge in [-0.1, -0.05) is 176 Å². The zero-order valence-corrected chi connectivity index (χ0v) is 41.4. The van der Waals surface area contributed by atoms with E-state index in [1.54, 1.807) is 6.08 Å². The molecule has 0 N–H and O–H groups in total. The highest BCUT2D eigenvalue weighted by atomic mass is 16.3. The van der Waals surface area contributed by atoms with E-state index >= 15 is 0 Å². The number of furan rings is 1. The van der Waals surface area contributed by atoms with Gasteiger partial charge in [0.05, 0.1) is 22.1 Å². The molecule has 0 spiro atoms. The molecule has 1 aliphatic rings. The number of aromatic nitrogens is 5. The van der Waals surface area contributed by atoms with Gasteiger partial charge in [-0.05, 0) is 135 Å². The van der Waals surface area contributed by atoms with Crippen molar-refractivity contribution in [1.82, 2.24) is 24.1 Å². The molecule has 0 radical (unpaired) electrons. The molecule has 6 heteroatoms. The second-order valence-corrected chi connectivity index (χ2v) is 19.5. The lowest BCUT2D eigenvalue weighted by Gasteiger charge is -2.11. The molecule has 76 heavy (non-hydrogen) atoms. The Morgan fingerprint density at radius 2 is 0.961 bits per heavy atom. The van der Waals surface area contributed by atoms with E-state index in [4.69, 9.17) is 19.4 Å². The number of nitrogens with zero attached hydrogens (tertiary/aromatic N) is 5. The van der Waals surface area contributed by atoms with Crippen molar-refractivity contribution < 1.29 is 4.42 Å². The van der Waals surface area contributed by atoms with Crippen LogP contribution >= 0.6 is 0 Å². The van der Waals surface area contributed by atoms with Gasteiger partial charge in [-0.25, -0.2) is 4.98 Å². The number of hydrogen-bond donors (Lipinski definition) is 0. The van der Waals surface area contributed by atoms with Gasteiger partial charge < -0.3 is 8.98 Å². The zero-order chi connectivity index (χ0) is 50.4. The van der Waals surface area contributed by atoms with Crippen LogP contribution in [0, 0.1) is 0 Å². The van der Waals surface area contributed by atoms with E-state index in [-0.39, 0.29) is 0 Å². The molecule has 0 bridgehead atoms. The Labute approximate surface area is 437 Å². The molecular weight excluding hydrogens is 927 g/mol. The van der Waals surface area contributed by atoms with Crippen molar-refractivity contribution in [3.63, 3.8) is 0 Å². The van der Waals surface area contributed by atoms with Crippen LogP contribution in [0.25, 0.3) is 155 Å². The molecule has 356 valence electrons. The van der Waals surface area contributed by atoms with Gasteiger partial charge in [0.2, 0.25) is 5.95 Å². The van der Waals surface area contributed by atoms with Crippen molar-refractivity contribution in [1.29, 1.82) is 0 Å². The van der Waals surface area contributed by atoms with Crippen molar-refractivity contribution in [3.8, 4) is 67.8 Å². The minimum atomic E-state index is 0.550. The zero-order valence-electron chi connectivity index (χ0n) is 41.4. The molecule has 0 unspecified atom stereocenters. The summed E-state index contributed by atoms with van der Waals surface area (Å²) in [5.41, 5.74) is 16.5. The normalized spacial score (nSPS) is 12.0. The molecule has 0 saturated heterocycles. The van der Waals surface area contributed by atoms with Crippen molar-refractivity contribution in [2.24, 2.45) is 0 Å². The number of rotatable bonds is 6. The average molecular weight is 972 g/mol. The minimum absolute atomic E-state index is 0.550. The smallest absolute Gasteiger partial charge is 0.238 e. The summed E-state index contributed by atoms with van der Waals surface area (Å²) in [4.78, 5) is 15.8. The van der Waals surface area contributed by atoms with E-state index in [1.165, 1.54) is 65.6 Å². The highest BCUT2D eigenvalue weighted by Gasteiger charge is 2.26. The fourth-order valence-corrected chi connectivity index (χ4v) is 11.9. The predicted octanol–water partition coefficient (Wildman–Crippen LogP) is 18.7. The lowest BCUT2D eigenvalue weighted by Crippen LogP contribution is -2.06. The monoisotopic (exact) mass is 971 g/mol. The Kier molecular flexibility index (Phi) is 9.84. The first kappa shape index (κ1) is 43.4. The highest BCUT2D eigenvalue weighted by Crippen LogP contribution is 2.51. The molecule has 11 aromatic carbocycles. The van der Waals surface area contributed by atoms with Crippen molar-refractivity contribution in [2.75, 3.05) is 0 Å². The molecule has 0 saturated carbocycles. The van der Waals surface area contributed by atoms with Crippen LogP contribution in [-0.4, -0.2) is 24.1 Å². The topological polar surface area (TPSA) is 61.7 Å². The summed E-state index contributed by atoms with van der Waals surface area (Å²) in [5.74, 6) is 1.74. The fraction of sp³-hybridized carbons (Fsp3) is 0.0143. The molecule has 6 nitrogen and oxygen atoms in total. The maximum Gasteiger partial charge on any atom is 0.238 e. The summed E-state index contributed by atoms with van der Waals surface area (Å²) in [5, 5.41) is 11.8. The number of allylic oxidation sites excluding steroid dienone is 3. The van der Waals surface area contributed by atoms with Crippen LogP contribution < -0.4 is 0 Å². The van der Waals surface area contributed by atoms with Gasteiger partial charge in [-0.3, -0.25) is 4.57 Å². The summed E-state index contributed by atoms with van der Waals surface area (Å²) < 4.78 is 10.9. The third-order valence-corrected chi connectivity index (χ3v) is 15.2. The number of benzene rings is 11. The quantitative estimate of drug-likeness (QED) is 0.156.